The Kier molecular flexibility index (Phi) is 9.33. The molecule has 6 heterocycles. The molecule has 4 aromatic heterocycles. The lowest BCUT2D eigenvalue weighted by atomic mass is 9.91. The van der Waals surface area contributed by atoms with Gasteiger partial charge in [-0.15, -0.1) is 0 Å². The maximum absolute atomic E-state index is 12.9. The van der Waals surface area contributed by atoms with Crippen molar-refractivity contribution in [1.29, 1.82) is 0 Å². The van der Waals surface area contributed by atoms with Crippen molar-refractivity contribution in [2.24, 2.45) is 0 Å². The van der Waals surface area contributed by atoms with E-state index in [9.17, 15) is 15.0 Å². The summed E-state index contributed by atoms with van der Waals surface area (Å²) in [5, 5.41) is 33.1. The normalized spacial score (nSPS) is 21.6. The van der Waals surface area contributed by atoms with Gasteiger partial charge in [-0.2, -0.15) is 9.97 Å². The molecule has 52 heavy (non-hydrogen) atoms. The number of aromatic nitrogens is 6. The highest BCUT2D eigenvalue weighted by molar-refractivity contribution is 5.94. The number of benzene rings is 2. The van der Waals surface area contributed by atoms with Crippen LogP contribution in [0.3, 0.4) is 0 Å². The Labute approximate surface area is 299 Å². The van der Waals surface area contributed by atoms with Crippen LogP contribution in [-0.2, 0) is 11.2 Å². The molecular weight excluding hydrogens is 662 g/mol. The first-order valence-electron chi connectivity index (χ1n) is 17.5. The molecule has 5 atom stereocenters. The molecule has 0 spiro atoms. The number of pyridine rings is 1. The van der Waals surface area contributed by atoms with E-state index in [0.717, 1.165) is 16.8 Å². The van der Waals surface area contributed by atoms with Crippen molar-refractivity contribution in [1.82, 2.24) is 35.0 Å². The van der Waals surface area contributed by atoms with Crippen molar-refractivity contribution >= 4 is 28.8 Å². The number of aliphatic hydroxyl groups excluding tert-OH is 2. The van der Waals surface area contributed by atoms with Crippen LogP contribution in [0.15, 0.2) is 102 Å². The zero-order valence-electron chi connectivity index (χ0n) is 28.5. The van der Waals surface area contributed by atoms with E-state index in [-0.39, 0.29) is 17.9 Å². The number of hydrogen-bond acceptors (Lipinski definition) is 12. The quantitative estimate of drug-likeness (QED) is 0.153. The summed E-state index contributed by atoms with van der Waals surface area (Å²) in [6, 6.07) is 25.6. The lowest BCUT2D eigenvalue weighted by molar-refractivity contribution is -0.0434. The number of fused-ring (bicyclic) bond motifs is 1. The molecular formula is C38H39N9O5. The first-order chi connectivity index (χ1) is 25.5. The van der Waals surface area contributed by atoms with Gasteiger partial charge in [-0.25, -0.2) is 4.98 Å². The molecule has 14 nitrogen and oxygen atoms in total. The largest absolute Gasteiger partial charge is 0.387 e. The molecule has 2 fully saturated rings. The lowest BCUT2D eigenvalue weighted by Gasteiger charge is -2.22. The Morgan fingerprint density at radius 2 is 1.77 bits per heavy atom. The minimum absolute atomic E-state index is 0.00242. The number of aliphatic hydroxyl groups is 2. The van der Waals surface area contributed by atoms with Crippen molar-refractivity contribution in [3.63, 3.8) is 0 Å². The Hall–Kier alpha value is -5.70. The number of carbonyl (C=O) groups is 1. The molecule has 2 saturated heterocycles. The number of ether oxygens (including phenoxy) is 1. The van der Waals surface area contributed by atoms with E-state index < -0.39 is 24.5 Å². The van der Waals surface area contributed by atoms with E-state index >= 15 is 0 Å². The van der Waals surface area contributed by atoms with Crippen LogP contribution in [0.1, 0.15) is 64.5 Å². The Balaban J connectivity index is 1.12. The number of nitrogens with zero attached hydrogens (tertiary/aromatic N) is 7. The second-order valence-corrected chi connectivity index (χ2v) is 13.1. The van der Waals surface area contributed by atoms with E-state index in [1.807, 2.05) is 48.2 Å². The van der Waals surface area contributed by atoms with Gasteiger partial charge in [-0.1, -0.05) is 72.7 Å². The standard InChI is InChI=1S/C38H39N9O5/c1-2-26-18-29(52-45-26)33-31(48)32(49)37(51-33)47-22-41-30-34(40-20-28(23-10-5-3-6-11-23)24-12-7-4-8-13-24)43-38(44-35(30)47)46-17-15-27(21-46)42-36(50)25-14-9-16-39-19-25/h3-14,16,18-19,22,27-28,31-33,37,48-49H,2,15,17,20-21H2,1H3,(H,42,50)(H,40,43,44)/t27-,31+,32-,33-,37-/m1/s1. The average molecular weight is 702 g/mol. The van der Waals surface area contributed by atoms with Crippen LogP contribution < -0.4 is 15.5 Å². The second kappa shape index (κ2) is 14.5. The Morgan fingerprint density at radius 3 is 2.46 bits per heavy atom. The highest BCUT2D eigenvalue weighted by Crippen LogP contribution is 2.41. The molecule has 2 aromatic carbocycles. The summed E-state index contributed by atoms with van der Waals surface area (Å²) in [7, 11) is 0. The maximum atomic E-state index is 12.9. The summed E-state index contributed by atoms with van der Waals surface area (Å²) in [6.07, 6.45) is 1.50. The monoisotopic (exact) mass is 701 g/mol. The maximum Gasteiger partial charge on any atom is 0.253 e. The highest BCUT2D eigenvalue weighted by Gasteiger charge is 2.47. The molecule has 2 aliphatic rings. The topological polar surface area (TPSA) is 177 Å². The Morgan fingerprint density at radius 1 is 1.00 bits per heavy atom. The molecule has 8 rings (SSSR count). The summed E-state index contributed by atoms with van der Waals surface area (Å²) in [4.78, 5) is 33.7. The van der Waals surface area contributed by atoms with Gasteiger partial charge < -0.3 is 35.0 Å². The van der Waals surface area contributed by atoms with Crippen LogP contribution in [0, 0.1) is 0 Å². The van der Waals surface area contributed by atoms with E-state index in [0.29, 0.717) is 66.7 Å². The van der Waals surface area contributed by atoms with Gasteiger partial charge in [0.25, 0.3) is 5.91 Å². The average Bonchev–Trinajstić information content (AvgIpc) is 4.00. The van der Waals surface area contributed by atoms with E-state index in [1.165, 1.54) is 0 Å². The summed E-state index contributed by atoms with van der Waals surface area (Å²) in [5.74, 6) is 1.08. The third kappa shape index (κ3) is 6.59. The molecule has 0 saturated carbocycles. The molecule has 0 bridgehead atoms. The first kappa shape index (κ1) is 33.4. The van der Waals surface area contributed by atoms with E-state index in [4.69, 9.17) is 24.2 Å². The minimum atomic E-state index is -1.31. The minimum Gasteiger partial charge on any atom is -0.387 e. The number of nitrogens with one attached hydrogen (secondary N) is 2. The predicted octanol–water partition coefficient (Wildman–Crippen LogP) is 4.02. The smallest absolute Gasteiger partial charge is 0.253 e. The molecule has 266 valence electrons. The van der Waals surface area contributed by atoms with Crippen LogP contribution >= 0.6 is 0 Å². The van der Waals surface area contributed by atoms with Gasteiger partial charge in [0, 0.05) is 50.1 Å². The molecule has 6 aromatic rings. The molecule has 1 amide bonds. The van der Waals surface area contributed by atoms with Crippen molar-refractivity contribution in [2.75, 3.05) is 29.9 Å². The predicted molar refractivity (Wildman–Crippen MR) is 192 cm³/mol. The van der Waals surface area contributed by atoms with Crippen LogP contribution in [0.25, 0.3) is 11.2 Å². The molecule has 0 radical (unpaired) electrons. The van der Waals surface area contributed by atoms with Gasteiger partial charge in [-0.3, -0.25) is 14.3 Å². The summed E-state index contributed by atoms with van der Waals surface area (Å²) < 4.78 is 13.3. The SMILES string of the molecule is CCc1cc([C@H]2O[C@@H](n3cnc4c(NCC(c5ccccc5)c5ccccc5)nc(N5CC[C@@H](NC(=O)c6cccnc6)C5)nc43)[C@H](O)[C@@H]2O)on1. The fourth-order valence-corrected chi connectivity index (χ4v) is 6.93. The number of hydrogen-bond donors (Lipinski definition) is 4. The Bertz CT molecular complexity index is 2090. The van der Waals surface area contributed by atoms with Gasteiger partial charge in [0.15, 0.2) is 29.0 Å². The zero-order valence-corrected chi connectivity index (χ0v) is 28.5. The van der Waals surface area contributed by atoms with Crippen LogP contribution in [-0.4, -0.2) is 83.7 Å². The molecule has 0 aliphatic carbocycles. The molecule has 2 aliphatic heterocycles. The number of amides is 1. The first-order valence-corrected chi connectivity index (χ1v) is 17.5. The van der Waals surface area contributed by atoms with Gasteiger partial charge in [0.2, 0.25) is 5.95 Å². The van der Waals surface area contributed by atoms with E-state index in [1.54, 1.807) is 41.5 Å². The summed E-state index contributed by atoms with van der Waals surface area (Å²) in [6.45, 7) is 3.54. The van der Waals surface area contributed by atoms with Crippen molar-refractivity contribution in [3.8, 4) is 0 Å². The van der Waals surface area contributed by atoms with Gasteiger partial charge >= 0.3 is 0 Å². The highest BCUT2D eigenvalue weighted by atomic mass is 16.6. The number of carbonyl (C=O) groups excluding carboxylic acids is 1. The zero-order chi connectivity index (χ0) is 35.6. The van der Waals surface area contributed by atoms with E-state index in [2.05, 4.69) is 45.0 Å². The van der Waals surface area contributed by atoms with Crippen molar-refractivity contribution in [2.45, 2.75) is 56.3 Å². The van der Waals surface area contributed by atoms with Crippen LogP contribution in [0.5, 0.6) is 0 Å². The van der Waals surface area contributed by atoms with Crippen molar-refractivity contribution < 1.29 is 24.3 Å². The van der Waals surface area contributed by atoms with Gasteiger partial charge in [-0.05, 0) is 36.1 Å². The fraction of sp³-hybridized carbons (Fsp3) is 0.316. The lowest BCUT2D eigenvalue weighted by Crippen LogP contribution is -2.37. The van der Waals surface area contributed by atoms with Gasteiger partial charge in [0.05, 0.1) is 17.6 Å². The molecule has 4 N–H and O–H groups in total. The summed E-state index contributed by atoms with van der Waals surface area (Å²) >= 11 is 0. The third-order valence-corrected chi connectivity index (χ3v) is 9.75. The second-order valence-electron chi connectivity index (χ2n) is 13.1. The third-order valence-electron chi connectivity index (χ3n) is 9.75. The number of imidazole rings is 1. The fourth-order valence-electron chi connectivity index (χ4n) is 6.93. The van der Waals surface area contributed by atoms with Crippen LogP contribution in [0.2, 0.25) is 0 Å². The number of aryl methyl sites for hydroxylation is 1. The number of rotatable bonds is 11. The summed E-state index contributed by atoms with van der Waals surface area (Å²) in [5.41, 5.74) is 4.39. The number of anilines is 2. The van der Waals surface area contributed by atoms with Crippen molar-refractivity contribution in [3.05, 3.63) is 126 Å². The van der Waals surface area contributed by atoms with Gasteiger partial charge in [0.1, 0.15) is 18.3 Å². The molecule has 0 unspecified atom stereocenters. The van der Waals surface area contributed by atoms with Crippen LogP contribution in [0.4, 0.5) is 11.8 Å². The molecule has 14 heteroatoms.